The molecule has 4 nitrogen and oxygen atoms in total. The Morgan fingerprint density at radius 3 is 2.21 bits per heavy atom. The number of aliphatic hydroxyl groups is 2. The van der Waals surface area contributed by atoms with Gasteiger partial charge in [-0.1, -0.05) is 12.1 Å². The summed E-state index contributed by atoms with van der Waals surface area (Å²) in [4.78, 5) is 1.94. The molecule has 0 saturated heterocycles. The van der Waals surface area contributed by atoms with E-state index < -0.39 is 0 Å². The van der Waals surface area contributed by atoms with E-state index in [1.54, 1.807) is 0 Å². The number of benzene rings is 1. The Bertz CT molecular complexity index is 339. The minimum atomic E-state index is -0.172. The van der Waals surface area contributed by atoms with Crippen molar-refractivity contribution in [3.63, 3.8) is 0 Å². The minimum absolute atomic E-state index is 0.0624. The first-order chi connectivity index (χ1) is 9.21. The summed E-state index contributed by atoms with van der Waals surface area (Å²) in [6, 6.07) is 7.69. The zero-order valence-corrected chi connectivity index (χ0v) is 12.0. The highest BCUT2D eigenvalue weighted by atomic mass is 35.5. The summed E-state index contributed by atoms with van der Waals surface area (Å²) in [5, 5.41) is 17.7. The van der Waals surface area contributed by atoms with Gasteiger partial charge in [-0.3, -0.25) is 4.90 Å². The maximum atomic E-state index is 8.96. The number of hydrogen-bond acceptors (Lipinski definition) is 4. The minimum Gasteiger partial charge on any atom is -0.494 e. The van der Waals surface area contributed by atoms with Crippen molar-refractivity contribution in [3.05, 3.63) is 29.8 Å². The second-order valence-electron chi connectivity index (χ2n) is 4.22. The molecule has 1 aromatic rings. The lowest BCUT2D eigenvalue weighted by Gasteiger charge is -2.23. The predicted octanol–water partition coefficient (Wildman–Crippen LogP) is 1.65. The highest BCUT2D eigenvalue weighted by Gasteiger charge is 2.13. The highest BCUT2D eigenvalue weighted by Crippen LogP contribution is 2.24. The molecule has 2 N–H and O–H groups in total. The van der Waals surface area contributed by atoms with E-state index in [2.05, 4.69) is 0 Å². The maximum Gasteiger partial charge on any atom is 0.119 e. The van der Waals surface area contributed by atoms with Crippen LogP contribution in [0.1, 0.15) is 17.9 Å². The zero-order chi connectivity index (χ0) is 14.1. The van der Waals surface area contributed by atoms with Gasteiger partial charge in [0.2, 0.25) is 0 Å². The lowest BCUT2D eigenvalue weighted by atomic mass is 10.1. The average molecular weight is 288 g/mol. The molecule has 0 amide bonds. The van der Waals surface area contributed by atoms with Crippen LogP contribution in [0.25, 0.3) is 0 Å². The molecular weight excluding hydrogens is 266 g/mol. The Balaban J connectivity index is 2.57. The van der Waals surface area contributed by atoms with Gasteiger partial charge in [0.05, 0.1) is 25.2 Å². The highest BCUT2D eigenvalue weighted by molar-refractivity contribution is 6.21. The van der Waals surface area contributed by atoms with Crippen LogP contribution in [0.15, 0.2) is 24.3 Å². The molecular formula is C14H22ClNO3. The van der Waals surface area contributed by atoms with Gasteiger partial charge in [0, 0.05) is 19.6 Å². The standard InChI is InChI=1S/C14H22ClNO3/c1-2-19-13-5-3-12(4-6-13)14(15)11-16(7-9-17)8-10-18/h3-6,14,17-18H,2,7-11H2,1H3. The summed E-state index contributed by atoms with van der Waals surface area (Å²) in [5.74, 6) is 0.831. The molecule has 108 valence electrons. The third-order valence-corrected chi connectivity index (χ3v) is 3.19. The predicted molar refractivity (Wildman–Crippen MR) is 76.8 cm³/mol. The Morgan fingerprint density at radius 1 is 1.16 bits per heavy atom. The fraction of sp³-hybridized carbons (Fsp3) is 0.571. The van der Waals surface area contributed by atoms with E-state index >= 15 is 0 Å². The van der Waals surface area contributed by atoms with Gasteiger partial charge >= 0.3 is 0 Å². The fourth-order valence-electron chi connectivity index (χ4n) is 1.85. The fourth-order valence-corrected chi connectivity index (χ4v) is 2.19. The van der Waals surface area contributed by atoms with Crippen LogP contribution in [0, 0.1) is 0 Å². The number of nitrogens with zero attached hydrogens (tertiary/aromatic N) is 1. The first-order valence-electron chi connectivity index (χ1n) is 6.52. The van der Waals surface area contributed by atoms with Crippen LogP contribution in [0.2, 0.25) is 0 Å². The monoisotopic (exact) mass is 287 g/mol. The smallest absolute Gasteiger partial charge is 0.119 e. The Hall–Kier alpha value is -0.810. The number of halogens is 1. The van der Waals surface area contributed by atoms with E-state index in [0.717, 1.165) is 11.3 Å². The molecule has 1 aromatic carbocycles. The van der Waals surface area contributed by atoms with Crippen molar-refractivity contribution in [1.82, 2.24) is 4.90 Å². The summed E-state index contributed by atoms with van der Waals surface area (Å²) in [6.07, 6.45) is 0. The Kier molecular flexibility index (Phi) is 7.82. The molecule has 1 atom stereocenters. The SMILES string of the molecule is CCOc1ccc(C(Cl)CN(CCO)CCO)cc1. The molecule has 0 aliphatic carbocycles. The number of hydrogen-bond donors (Lipinski definition) is 2. The zero-order valence-electron chi connectivity index (χ0n) is 11.3. The molecule has 0 spiro atoms. The maximum absolute atomic E-state index is 8.96. The molecule has 0 aromatic heterocycles. The molecule has 19 heavy (non-hydrogen) atoms. The van der Waals surface area contributed by atoms with E-state index in [4.69, 9.17) is 26.6 Å². The van der Waals surface area contributed by atoms with Crippen molar-refractivity contribution in [2.75, 3.05) is 39.5 Å². The van der Waals surface area contributed by atoms with Crippen LogP contribution in [0.3, 0.4) is 0 Å². The van der Waals surface area contributed by atoms with Crippen LogP contribution in [-0.2, 0) is 0 Å². The van der Waals surface area contributed by atoms with Crippen molar-refractivity contribution in [3.8, 4) is 5.75 Å². The summed E-state index contributed by atoms with van der Waals surface area (Å²) >= 11 is 6.36. The summed E-state index contributed by atoms with van der Waals surface area (Å²) in [7, 11) is 0. The lowest BCUT2D eigenvalue weighted by Crippen LogP contribution is -2.32. The molecule has 0 fully saturated rings. The second kappa shape index (κ2) is 9.15. The van der Waals surface area contributed by atoms with Gasteiger partial charge in [-0.15, -0.1) is 11.6 Å². The first kappa shape index (κ1) is 16.2. The first-order valence-corrected chi connectivity index (χ1v) is 6.95. The Labute approximate surface area is 119 Å². The van der Waals surface area contributed by atoms with Gasteiger partial charge in [-0.2, -0.15) is 0 Å². The molecule has 1 rings (SSSR count). The van der Waals surface area contributed by atoms with Crippen molar-refractivity contribution in [1.29, 1.82) is 0 Å². The van der Waals surface area contributed by atoms with Gasteiger partial charge < -0.3 is 14.9 Å². The second-order valence-corrected chi connectivity index (χ2v) is 4.74. The van der Waals surface area contributed by atoms with Crippen LogP contribution in [0.4, 0.5) is 0 Å². The van der Waals surface area contributed by atoms with E-state index in [1.165, 1.54) is 0 Å². The topological polar surface area (TPSA) is 52.9 Å². The van der Waals surface area contributed by atoms with E-state index in [1.807, 2.05) is 36.1 Å². The molecule has 0 heterocycles. The largest absolute Gasteiger partial charge is 0.494 e. The molecule has 0 radical (unpaired) electrons. The third-order valence-electron chi connectivity index (χ3n) is 2.80. The molecule has 0 saturated carbocycles. The molecule has 5 heteroatoms. The van der Waals surface area contributed by atoms with Crippen molar-refractivity contribution >= 4 is 11.6 Å². The normalized spacial score (nSPS) is 12.7. The van der Waals surface area contributed by atoms with Gasteiger partial charge in [-0.05, 0) is 24.6 Å². The number of alkyl halides is 1. The average Bonchev–Trinajstić information content (AvgIpc) is 2.40. The molecule has 1 unspecified atom stereocenters. The van der Waals surface area contributed by atoms with Gasteiger partial charge in [-0.25, -0.2) is 0 Å². The van der Waals surface area contributed by atoms with Crippen LogP contribution >= 0.6 is 11.6 Å². The summed E-state index contributed by atoms with van der Waals surface area (Å²) in [5.41, 5.74) is 1.01. The van der Waals surface area contributed by atoms with Crippen molar-refractivity contribution in [2.24, 2.45) is 0 Å². The van der Waals surface area contributed by atoms with Crippen molar-refractivity contribution < 1.29 is 14.9 Å². The van der Waals surface area contributed by atoms with Crippen molar-refractivity contribution in [2.45, 2.75) is 12.3 Å². The van der Waals surface area contributed by atoms with E-state index in [0.29, 0.717) is 26.2 Å². The van der Waals surface area contributed by atoms with Crippen LogP contribution in [0.5, 0.6) is 5.75 Å². The summed E-state index contributed by atoms with van der Waals surface area (Å²) in [6.45, 7) is 4.34. The molecule has 0 aliphatic rings. The van der Waals surface area contributed by atoms with Crippen LogP contribution < -0.4 is 4.74 Å². The quantitative estimate of drug-likeness (QED) is 0.678. The summed E-state index contributed by atoms with van der Waals surface area (Å²) < 4.78 is 5.38. The van der Waals surface area contributed by atoms with E-state index in [-0.39, 0.29) is 18.6 Å². The molecule has 0 aliphatic heterocycles. The number of aliphatic hydroxyl groups excluding tert-OH is 2. The van der Waals surface area contributed by atoms with Gasteiger partial charge in [0.1, 0.15) is 5.75 Å². The number of ether oxygens (including phenoxy) is 1. The van der Waals surface area contributed by atoms with Gasteiger partial charge in [0.25, 0.3) is 0 Å². The lowest BCUT2D eigenvalue weighted by molar-refractivity contribution is 0.161. The third kappa shape index (κ3) is 5.78. The molecule has 0 bridgehead atoms. The van der Waals surface area contributed by atoms with Gasteiger partial charge in [0.15, 0.2) is 0 Å². The van der Waals surface area contributed by atoms with Crippen LogP contribution in [-0.4, -0.2) is 54.6 Å². The Morgan fingerprint density at radius 2 is 1.74 bits per heavy atom. The number of rotatable bonds is 9. The van der Waals surface area contributed by atoms with E-state index in [9.17, 15) is 0 Å².